The monoisotopic (exact) mass is 426 g/mol. The maximum absolute atomic E-state index is 13.0. The Balaban J connectivity index is 1.54. The van der Waals surface area contributed by atoms with E-state index in [0.717, 1.165) is 36.8 Å². The number of hydrogen-bond acceptors (Lipinski definition) is 3. The van der Waals surface area contributed by atoms with Gasteiger partial charge in [-0.05, 0) is 86.8 Å². The smallest absolute Gasteiger partial charge is 0.252 e. The van der Waals surface area contributed by atoms with E-state index in [0.29, 0.717) is 18.7 Å². The molecule has 1 aliphatic heterocycles. The SMILES string of the molecule is Cc1ccc(S(=O)(=O)N2CCCC2)cc1C(=O)N[C@H](C)c1ccc2c(c1)CCCC2. The summed E-state index contributed by atoms with van der Waals surface area (Å²) in [6.45, 7) is 4.91. The van der Waals surface area contributed by atoms with Gasteiger partial charge in [0.15, 0.2) is 0 Å². The largest absolute Gasteiger partial charge is 0.346 e. The summed E-state index contributed by atoms with van der Waals surface area (Å²) in [7, 11) is -3.55. The Morgan fingerprint density at radius 3 is 2.40 bits per heavy atom. The zero-order valence-corrected chi connectivity index (χ0v) is 18.6. The van der Waals surface area contributed by atoms with Crippen LogP contribution in [-0.4, -0.2) is 31.7 Å². The zero-order chi connectivity index (χ0) is 21.3. The van der Waals surface area contributed by atoms with Crippen molar-refractivity contribution in [3.05, 3.63) is 64.2 Å². The van der Waals surface area contributed by atoms with Gasteiger partial charge in [-0.1, -0.05) is 24.3 Å². The lowest BCUT2D eigenvalue weighted by molar-refractivity contribution is 0.0939. The highest BCUT2D eigenvalue weighted by Crippen LogP contribution is 2.26. The lowest BCUT2D eigenvalue weighted by atomic mass is 9.89. The van der Waals surface area contributed by atoms with Crippen molar-refractivity contribution in [1.29, 1.82) is 0 Å². The van der Waals surface area contributed by atoms with Crippen molar-refractivity contribution >= 4 is 15.9 Å². The van der Waals surface area contributed by atoms with E-state index in [-0.39, 0.29) is 16.8 Å². The fraction of sp³-hybridized carbons (Fsp3) is 0.458. The molecular weight excluding hydrogens is 396 g/mol. The standard InChI is InChI=1S/C24H30N2O3S/c1-17-9-12-22(30(28,29)26-13-5-6-14-26)16-23(17)24(27)25-18(2)20-11-10-19-7-3-4-8-21(19)15-20/h9-12,15-16,18H,3-8,13-14H2,1-2H3,(H,25,27)/t18-/m1/s1. The average Bonchev–Trinajstić information content (AvgIpc) is 3.29. The second-order valence-electron chi connectivity index (χ2n) is 8.52. The van der Waals surface area contributed by atoms with Crippen molar-refractivity contribution in [3.63, 3.8) is 0 Å². The fourth-order valence-corrected chi connectivity index (χ4v) is 6.01. The Kier molecular flexibility index (Phi) is 5.98. The number of fused-ring (bicyclic) bond motifs is 1. The van der Waals surface area contributed by atoms with Gasteiger partial charge in [-0.3, -0.25) is 4.79 Å². The van der Waals surface area contributed by atoms with E-state index >= 15 is 0 Å². The van der Waals surface area contributed by atoms with Crippen LogP contribution in [0.25, 0.3) is 0 Å². The number of benzene rings is 2. The van der Waals surface area contributed by atoms with E-state index in [2.05, 4.69) is 23.5 Å². The van der Waals surface area contributed by atoms with E-state index in [4.69, 9.17) is 0 Å². The first-order valence-corrected chi connectivity index (χ1v) is 12.3. The Labute approximate surface area is 179 Å². The van der Waals surface area contributed by atoms with Gasteiger partial charge in [-0.25, -0.2) is 8.42 Å². The van der Waals surface area contributed by atoms with Crippen molar-refractivity contribution in [3.8, 4) is 0 Å². The molecule has 4 rings (SSSR count). The molecule has 1 heterocycles. The number of rotatable bonds is 5. The Bertz CT molecular complexity index is 1060. The lowest BCUT2D eigenvalue weighted by Crippen LogP contribution is -2.30. The van der Waals surface area contributed by atoms with E-state index in [1.165, 1.54) is 34.3 Å². The molecule has 0 aromatic heterocycles. The molecule has 6 heteroatoms. The molecule has 2 aromatic rings. The number of sulfonamides is 1. The highest BCUT2D eigenvalue weighted by Gasteiger charge is 2.28. The molecule has 0 spiro atoms. The van der Waals surface area contributed by atoms with Crippen molar-refractivity contribution in [2.45, 2.75) is 63.3 Å². The maximum atomic E-state index is 13.0. The molecule has 5 nitrogen and oxygen atoms in total. The van der Waals surface area contributed by atoms with Gasteiger partial charge in [0.1, 0.15) is 0 Å². The summed E-state index contributed by atoms with van der Waals surface area (Å²) in [4.78, 5) is 13.2. The first kappa shape index (κ1) is 21.1. The Morgan fingerprint density at radius 1 is 0.967 bits per heavy atom. The molecule has 2 aliphatic rings. The minimum atomic E-state index is -3.55. The molecule has 0 unspecified atom stereocenters. The highest BCUT2D eigenvalue weighted by molar-refractivity contribution is 7.89. The number of carbonyl (C=O) groups is 1. The van der Waals surface area contributed by atoms with Gasteiger partial charge in [0.25, 0.3) is 5.91 Å². The minimum Gasteiger partial charge on any atom is -0.346 e. The molecule has 0 radical (unpaired) electrons. The summed E-state index contributed by atoms with van der Waals surface area (Å²) in [5.41, 5.74) is 5.07. The first-order chi connectivity index (χ1) is 14.4. The predicted molar refractivity (Wildman–Crippen MR) is 118 cm³/mol. The summed E-state index contributed by atoms with van der Waals surface area (Å²) in [5, 5.41) is 3.06. The van der Waals surface area contributed by atoms with Crippen LogP contribution in [0.5, 0.6) is 0 Å². The van der Waals surface area contributed by atoms with Crippen LogP contribution >= 0.6 is 0 Å². The lowest BCUT2D eigenvalue weighted by Gasteiger charge is -2.21. The minimum absolute atomic E-state index is 0.150. The quantitative estimate of drug-likeness (QED) is 0.781. The molecule has 1 fully saturated rings. The Morgan fingerprint density at radius 2 is 1.67 bits per heavy atom. The number of nitrogens with one attached hydrogen (secondary N) is 1. The zero-order valence-electron chi connectivity index (χ0n) is 17.8. The molecule has 30 heavy (non-hydrogen) atoms. The summed E-state index contributed by atoms with van der Waals surface area (Å²) >= 11 is 0. The number of aryl methyl sites for hydroxylation is 3. The Hall–Kier alpha value is -2.18. The van der Waals surface area contributed by atoms with Crippen LogP contribution < -0.4 is 5.32 Å². The van der Waals surface area contributed by atoms with Crippen LogP contribution in [0.15, 0.2) is 41.3 Å². The van der Waals surface area contributed by atoms with Crippen LogP contribution in [0, 0.1) is 6.92 Å². The van der Waals surface area contributed by atoms with Crippen molar-refractivity contribution in [2.24, 2.45) is 0 Å². The fourth-order valence-electron chi connectivity index (χ4n) is 4.46. The van der Waals surface area contributed by atoms with Crippen molar-refractivity contribution in [2.75, 3.05) is 13.1 Å². The van der Waals surface area contributed by atoms with Crippen molar-refractivity contribution in [1.82, 2.24) is 9.62 Å². The number of nitrogens with zero attached hydrogens (tertiary/aromatic N) is 1. The topological polar surface area (TPSA) is 66.5 Å². The molecule has 1 saturated heterocycles. The van der Waals surface area contributed by atoms with Crippen molar-refractivity contribution < 1.29 is 13.2 Å². The van der Waals surface area contributed by atoms with Gasteiger partial charge in [-0.15, -0.1) is 0 Å². The van der Waals surface area contributed by atoms with Crippen LogP contribution in [0.1, 0.15) is 71.3 Å². The molecule has 160 valence electrons. The van der Waals surface area contributed by atoms with Gasteiger partial charge in [0, 0.05) is 18.7 Å². The number of carbonyl (C=O) groups excluding carboxylic acids is 1. The van der Waals surface area contributed by atoms with E-state index < -0.39 is 10.0 Å². The molecule has 0 bridgehead atoms. The highest BCUT2D eigenvalue weighted by atomic mass is 32.2. The third kappa shape index (κ3) is 4.16. The second-order valence-corrected chi connectivity index (χ2v) is 10.5. The maximum Gasteiger partial charge on any atom is 0.252 e. The van der Waals surface area contributed by atoms with E-state index in [1.807, 2.05) is 13.8 Å². The molecule has 2 aromatic carbocycles. The average molecular weight is 427 g/mol. The van der Waals surface area contributed by atoms with Gasteiger partial charge in [0.05, 0.1) is 10.9 Å². The molecule has 1 atom stereocenters. The second kappa shape index (κ2) is 8.52. The van der Waals surface area contributed by atoms with Gasteiger partial charge >= 0.3 is 0 Å². The normalized spacial score (nSPS) is 18.1. The third-order valence-electron chi connectivity index (χ3n) is 6.38. The van der Waals surface area contributed by atoms with E-state index in [1.54, 1.807) is 12.1 Å². The van der Waals surface area contributed by atoms with E-state index in [9.17, 15) is 13.2 Å². The molecule has 1 N–H and O–H groups in total. The molecule has 1 aliphatic carbocycles. The third-order valence-corrected chi connectivity index (χ3v) is 8.27. The molecule has 1 amide bonds. The molecule has 0 saturated carbocycles. The first-order valence-electron chi connectivity index (χ1n) is 10.9. The van der Waals surface area contributed by atoms with Crippen LogP contribution in [0.3, 0.4) is 0 Å². The van der Waals surface area contributed by atoms with Crippen LogP contribution in [0.2, 0.25) is 0 Å². The van der Waals surface area contributed by atoms with Crippen LogP contribution in [0.4, 0.5) is 0 Å². The summed E-state index contributed by atoms with van der Waals surface area (Å²) in [6, 6.07) is 11.2. The van der Waals surface area contributed by atoms with Gasteiger partial charge in [-0.2, -0.15) is 4.31 Å². The van der Waals surface area contributed by atoms with Gasteiger partial charge in [0.2, 0.25) is 10.0 Å². The van der Waals surface area contributed by atoms with Crippen LogP contribution in [-0.2, 0) is 22.9 Å². The number of amides is 1. The summed E-state index contributed by atoms with van der Waals surface area (Å²) in [6.07, 6.45) is 6.46. The number of hydrogen-bond donors (Lipinski definition) is 1. The summed E-state index contributed by atoms with van der Waals surface area (Å²) in [5.74, 6) is -0.240. The van der Waals surface area contributed by atoms with Gasteiger partial charge < -0.3 is 5.32 Å². The molecular formula is C24H30N2O3S. The summed E-state index contributed by atoms with van der Waals surface area (Å²) < 4.78 is 27.3. The predicted octanol–water partition coefficient (Wildman–Crippen LogP) is 4.15.